The van der Waals surface area contributed by atoms with Gasteiger partial charge in [0.15, 0.2) is 33.2 Å². The Labute approximate surface area is 367 Å². The van der Waals surface area contributed by atoms with Gasteiger partial charge in [-0.1, -0.05) is 19.9 Å². The van der Waals surface area contributed by atoms with Crippen LogP contribution in [0.5, 0.6) is 0 Å². The minimum atomic E-state index is -0.250. The summed E-state index contributed by atoms with van der Waals surface area (Å²) in [4.78, 5) is 23.3. The molecule has 2 aliphatic rings. The zero-order valence-corrected chi connectivity index (χ0v) is 36.8. The Morgan fingerprint density at radius 1 is 0.629 bits per heavy atom. The summed E-state index contributed by atoms with van der Waals surface area (Å²) in [5, 5.41) is 22.4. The maximum atomic E-state index is 13.3. The summed E-state index contributed by atoms with van der Waals surface area (Å²) in [5.74, 6) is 1.86. The first-order chi connectivity index (χ1) is 30.3. The van der Waals surface area contributed by atoms with E-state index in [0.717, 1.165) is 137 Å². The highest BCUT2D eigenvalue weighted by Crippen LogP contribution is 2.36. The monoisotopic (exact) mass is 870 g/mol. The summed E-state index contributed by atoms with van der Waals surface area (Å²) in [6, 6.07) is 21.1. The molecule has 0 saturated carbocycles. The molecule has 0 unspecified atom stereocenters. The number of aromatic nitrogens is 8. The highest BCUT2D eigenvalue weighted by Gasteiger charge is 2.24. The SMILES string of the molecule is CCc1nc2ccc(C3=CCNCC3)nn2c1N(C)c1nc(-c2ccc(F)cc2)cs1.CCc1nc2ccc(C3CCNCC3)nn2c1N(C)c1nc(-c2ccc(F)cc2)cs1. The second kappa shape index (κ2) is 18.2. The highest BCUT2D eigenvalue weighted by molar-refractivity contribution is 7.14. The van der Waals surface area contributed by atoms with E-state index in [1.165, 1.54) is 29.8 Å². The first-order valence-corrected chi connectivity index (χ1v) is 22.8. The van der Waals surface area contributed by atoms with E-state index in [-0.39, 0.29) is 11.6 Å². The first-order valence-electron chi connectivity index (χ1n) is 21.1. The predicted molar refractivity (Wildman–Crippen MR) is 246 cm³/mol. The normalized spacial score (nSPS) is 14.5. The second-order valence-corrected chi connectivity index (χ2v) is 17.0. The average Bonchev–Trinajstić information content (AvgIpc) is 4.15. The molecule has 0 aliphatic carbocycles. The summed E-state index contributed by atoms with van der Waals surface area (Å²) < 4.78 is 30.4. The van der Waals surface area contributed by atoms with Crippen molar-refractivity contribution >= 4 is 61.4 Å². The van der Waals surface area contributed by atoms with E-state index in [1.807, 2.05) is 44.9 Å². The van der Waals surface area contributed by atoms with Crippen molar-refractivity contribution in [1.29, 1.82) is 0 Å². The van der Waals surface area contributed by atoms with Crippen LogP contribution in [0.3, 0.4) is 0 Å². The molecule has 2 N–H and O–H groups in total. The molecule has 318 valence electrons. The van der Waals surface area contributed by atoms with Crippen molar-refractivity contribution in [3.8, 4) is 22.5 Å². The Kier molecular flexibility index (Phi) is 12.1. The molecule has 8 aromatic rings. The molecule has 6 aromatic heterocycles. The number of fused-ring (bicyclic) bond motifs is 2. The number of piperidine rings is 1. The number of benzene rings is 2. The highest BCUT2D eigenvalue weighted by atomic mass is 32.1. The summed E-state index contributed by atoms with van der Waals surface area (Å²) in [5.41, 5.74) is 10.5. The number of thiazole rings is 2. The molecule has 62 heavy (non-hydrogen) atoms. The van der Waals surface area contributed by atoms with Crippen LogP contribution in [0.15, 0.2) is 89.6 Å². The third-order valence-electron chi connectivity index (χ3n) is 11.4. The van der Waals surface area contributed by atoms with Crippen LogP contribution in [0.4, 0.5) is 30.7 Å². The van der Waals surface area contributed by atoms with Crippen molar-refractivity contribution in [1.82, 2.24) is 49.8 Å². The quantitative estimate of drug-likeness (QED) is 0.138. The fourth-order valence-electron chi connectivity index (χ4n) is 7.98. The van der Waals surface area contributed by atoms with Gasteiger partial charge >= 0.3 is 0 Å². The first kappa shape index (κ1) is 41.4. The molecule has 16 heteroatoms. The van der Waals surface area contributed by atoms with Gasteiger partial charge in [-0.05, 0) is 130 Å². The molecule has 2 aromatic carbocycles. The van der Waals surface area contributed by atoms with E-state index >= 15 is 0 Å². The van der Waals surface area contributed by atoms with Gasteiger partial charge in [0.25, 0.3) is 0 Å². The van der Waals surface area contributed by atoms with Crippen molar-refractivity contribution in [2.75, 3.05) is 50.1 Å². The minimum Gasteiger partial charge on any atom is -0.317 e. The Morgan fingerprint density at radius 2 is 1.16 bits per heavy atom. The number of hydrogen-bond acceptors (Lipinski definition) is 12. The maximum Gasteiger partial charge on any atom is 0.191 e. The Balaban J connectivity index is 0.000000158. The third-order valence-corrected chi connectivity index (χ3v) is 13.2. The molecule has 0 atom stereocenters. The van der Waals surface area contributed by atoms with Gasteiger partial charge < -0.3 is 20.4 Å². The second-order valence-electron chi connectivity index (χ2n) is 15.4. The van der Waals surface area contributed by atoms with E-state index < -0.39 is 0 Å². The minimum absolute atomic E-state index is 0.245. The van der Waals surface area contributed by atoms with Crippen LogP contribution in [-0.4, -0.2) is 79.4 Å². The molecule has 0 bridgehead atoms. The number of anilines is 4. The number of aryl methyl sites for hydroxylation is 2. The third kappa shape index (κ3) is 8.47. The molecule has 0 radical (unpaired) electrons. The Morgan fingerprint density at radius 3 is 1.68 bits per heavy atom. The van der Waals surface area contributed by atoms with Crippen LogP contribution in [0.2, 0.25) is 0 Å². The van der Waals surface area contributed by atoms with Gasteiger partial charge in [0.1, 0.15) is 11.6 Å². The summed E-state index contributed by atoms with van der Waals surface area (Å²) in [7, 11) is 4.00. The number of nitrogens with one attached hydrogen (secondary N) is 2. The summed E-state index contributed by atoms with van der Waals surface area (Å²) >= 11 is 3.11. The summed E-state index contributed by atoms with van der Waals surface area (Å²) in [6.07, 6.45) is 6.98. The van der Waals surface area contributed by atoms with Gasteiger partial charge in [0.05, 0.1) is 34.2 Å². The molecule has 12 nitrogen and oxygen atoms in total. The van der Waals surface area contributed by atoms with Crippen molar-refractivity contribution < 1.29 is 8.78 Å². The van der Waals surface area contributed by atoms with Crippen molar-refractivity contribution in [2.45, 2.75) is 51.9 Å². The van der Waals surface area contributed by atoms with Gasteiger partial charge in [-0.25, -0.2) is 28.7 Å². The smallest absolute Gasteiger partial charge is 0.191 e. The average molecular weight is 871 g/mol. The lowest BCUT2D eigenvalue weighted by Gasteiger charge is -2.22. The number of rotatable bonds is 10. The van der Waals surface area contributed by atoms with E-state index in [2.05, 4.69) is 53.7 Å². The lowest BCUT2D eigenvalue weighted by molar-refractivity contribution is 0.449. The van der Waals surface area contributed by atoms with E-state index in [0.29, 0.717) is 5.92 Å². The Bertz CT molecular complexity index is 2840. The molecular formula is C46H48F2N12S2. The molecule has 0 spiro atoms. The Hall–Kier alpha value is -5.94. The fourth-order valence-corrected chi connectivity index (χ4v) is 9.58. The van der Waals surface area contributed by atoms with Gasteiger partial charge in [0.2, 0.25) is 0 Å². The molecule has 1 saturated heterocycles. The molecule has 8 heterocycles. The van der Waals surface area contributed by atoms with Crippen LogP contribution in [-0.2, 0) is 12.8 Å². The topological polar surface area (TPSA) is 117 Å². The maximum absolute atomic E-state index is 13.3. The van der Waals surface area contributed by atoms with Gasteiger partial charge in [-0.2, -0.15) is 19.2 Å². The van der Waals surface area contributed by atoms with Crippen LogP contribution >= 0.6 is 22.7 Å². The van der Waals surface area contributed by atoms with Crippen LogP contribution in [0.1, 0.15) is 61.8 Å². The number of hydrogen-bond donors (Lipinski definition) is 2. The van der Waals surface area contributed by atoms with E-state index in [4.69, 9.17) is 30.1 Å². The van der Waals surface area contributed by atoms with Crippen LogP contribution in [0.25, 0.3) is 39.4 Å². The predicted octanol–water partition coefficient (Wildman–Crippen LogP) is 9.49. The lowest BCUT2D eigenvalue weighted by Crippen LogP contribution is -2.27. The van der Waals surface area contributed by atoms with Crippen molar-refractivity contribution in [3.05, 3.63) is 124 Å². The van der Waals surface area contributed by atoms with E-state index in [9.17, 15) is 8.78 Å². The van der Waals surface area contributed by atoms with Crippen LogP contribution in [0, 0.1) is 11.6 Å². The standard InChI is InChI=1S/C23H25FN6S.C23H23FN6S/c2*1-3-18-22(29(2)23-27-20(14-31-23)15-4-6-17(24)7-5-15)30-21(26-18)9-8-19(28-30)16-10-12-25-13-11-16/h4-9,14,16,25H,3,10-13H2,1-2H3;4-10,14,25H,3,11-13H2,1-2H3. The number of imidazole rings is 2. The molecule has 10 rings (SSSR count). The molecular weight excluding hydrogens is 823 g/mol. The lowest BCUT2D eigenvalue weighted by atomic mass is 9.94. The number of nitrogens with zero attached hydrogens (tertiary/aromatic N) is 10. The zero-order valence-electron chi connectivity index (χ0n) is 35.1. The molecule has 1 fully saturated rings. The molecule has 0 amide bonds. The zero-order chi connectivity index (χ0) is 42.7. The van der Waals surface area contributed by atoms with Gasteiger partial charge in [-0.3, -0.25) is 0 Å². The van der Waals surface area contributed by atoms with Gasteiger partial charge in [-0.15, -0.1) is 22.7 Å². The van der Waals surface area contributed by atoms with Crippen molar-refractivity contribution in [3.63, 3.8) is 0 Å². The van der Waals surface area contributed by atoms with E-state index in [1.54, 1.807) is 46.9 Å². The van der Waals surface area contributed by atoms with Gasteiger partial charge in [0, 0.05) is 48.4 Å². The largest absolute Gasteiger partial charge is 0.317 e. The fraction of sp³-hybridized carbons (Fsp3) is 0.304. The summed E-state index contributed by atoms with van der Waals surface area (Å²) in [6.45, 7) is 8.11. The molecule has 2 aliphatic heterocycles. The van der Waals surface area contributed by atoms with Crippen LogP contribution < -0.4 is 20.4 Å². The van der Waals surface area contributed by atoms with Crippen molar-refractivity contribution in [2.24, 2.45) is 0 Å². The number of halogens is 2.